The minimum absolute atomic E-state index is 0.0525. The number of anilines is 1. The number of carbonyl (C=O) groups excluding carboxylic acids is 3. The second-order valence-corrected chi connectivity index (χ2v) is 6.28. The van der Waals surface area contributed by atoms with Crippen LogP contribution in [0.4, 0.5) is 5.69 Å². The Morgan fingerprint density at radius 1 is 0.929 bits per heavy atom. The van der Waals surface area contributed by atoms with Gasteiger partial charge in [-0.05, 0) is 30.7 Å². The lowest BCUT2D eigenvalue weighted by molar-refractivity contribution is -0.124. The summed E-state index contributed by atoms with van der Waals surface area (Å²) in [7, 11) is 0. The maximum Gasteiger partial charge on any atom is 0.273 e. The molecule has 7 nitrogen and oxygen atoms in total. The first-order valence-electron chi connectivity index (χ1n) is 8.86. The van der Waals surface area contributed by atoms with Crippen molar-refractivity contribution in [1.29, 1.82) is 0 Å². The molecule has 0 fully saturated rings. The van der Waals surface area contributed by atoms with Crippen LogP contribution in [0.5, 0.6) is 5.75 Å². The Kier molecular flexibility index (Phi) is 8.30. The predicted molar refractivity (Wildman–Crippen MR) is 107 cm³/mol. The highest BCUT2D eigenvalue weighted by atomic mass is 35.5. The molecule has 0 heterocycles. The zero-order valence-electron chi connectivity index (χ0n) is 15.5. The molecular weight excluding hydrogens is 382 g/mol. The smallest absolute Gasteiger partial charge is 0.273 e. The molecule has 0 radical (unpaired) electrons. The Balaban J connectivity index is 1.78. The Morgan fingerprint density at radius 3 is 2.36 bits per heavy atom. The van der Waals surface area contributed by atoms with Crippen molar-refractivity contribution in [3.63, 3.8) is 0 Å². The maximum absolute atomic E-state index is 12.3. The summed E-state index contributed by atoms with van der Waals surface area (Å²) in [6, 6.07) is 13.6. The summed E-state index contributed by atoms with van der Waals surface area (Å²) in [5, 5.41) is 3.04. The molecule has 0 saturated carbocycles. The number of hydrogen-bond acceptors (Lipinski definition) is 4. The molecule has 3 N–H and O–H groups in total. The van der Waals surface area contributed by atoms with E-state index in [1.807, 2.05) is 6.92 Å². The third-order valence-electron chi connectivity index (χ3n) is 3.64. The molecule has 2 rings (SSSR count). The summed E-state index contributed by atoms with van der Waals surface area (Å²) in [4.78, 5) is 36.1. The zero-order chi connectivity index (χ0) is 20.4. The van der Waals surface area contributed by atoms with Crippen molar-refractivity contribution in [2.24, 2.45) is 0 Å². The van der Waals surface area contributed by atoms with Gasteiger partial charge in [0.15, 0.2) is 0 Å². The molecule has 8 heteroatoms. The topological polar surface area (TPSA) is 96.5 Å². The molecule has 0 aliphatic rings. The van der Waals surface area contributed by atoms with Crippen LogP contribution in [0.3, 0.4) is 0 Å². The number of hydrogen-bond donors (Lipinski definition) is 3. The molecule has 3 amide bonds. The van der Waals surface area contributed by atoms with Gasteiger partial charge < -0.3 is 10.1 Å². The SMILES string of the molecule is CCCOc1ccccc1C(=O)NNC(=O)CCC(=O)Nc1ccccc1Cl. The molecule has 2 aromatic rings. The molecule has 0 saturated heterocycles. The predicted octanol–water partition coefficient (Wildman–Crippen LogP) is 3.31. The average Bonchev–Trinajstić information content (AvgIpc) is 2.70. The Morgan fingerprint density at radius 2 is 1.61 bits per heavy atom. The fraction of sp³-hybridized carbons (Fsp3) is 0.250. The fourth-order valence-corrected chi connectivity index (χ4v) is 2.43. The zero-order valence-corrected chi connectivity index (χ0v) is 16.2. The summed E-state index contributed by atoms with van der Waals surface area (Å²) >= 11 is 5.97. The van der Waals surface area contributed by atoms with E-state index in [-0.39, 0.29) is 18.7 Å². The number of para-hydroxylation sites is 2. The third-order valence-corrected chi connectivity index (χ3v) is 3.97. The van der Waals surface area contributed by atoms with Gasteiger partial charge in [0.2, 0.25) is 11.8 Å². The molecular formula is C20H22ClN3O4. The second kappa shape index (κ2) is 10.9. The van der Waals surface area contributed by atoms with Crippen LogP contribution >= 0.6 is 11.6 Å². The van der Waals surface area contributed by atoms with Crippen molar-refractivity contribution >= 4 is 35.0 Å². The Hall–Kier alpha value is -3.06. The van der Waals surface area contributed by atoms with Crippen LogP contribution < -0.4 is 20.9 Å². The van der Waals surface area contributed by atoms with Gasteiger partial charge in [-0.2, -0.15) is 0 Å². The van der Waals surface area contributed by atoms with Crippen LogP contribution in [0.1, 0.15) is 36.5 Å². The van der Waals surface area contributed by atoms with Gasteiger partial charge in [-0.1, -0.05) is 42.8 Å². The summed E-state index contributed by atoms with van der Waals surface area (Å²) in [6.07, 6.45) is 0.663. The number of carbonyl (C=O) groups is 3. The number of halogens is 1. The Labute approximate surface area is 168 Å². The highest BCUT2D eigenvalue weighted by molar-refractivity contribution is 6.33. The number of rotatable bonds is 8. The van der Waals surface area contributed by atoms with Gasteiger partial charge in [0.25, 0.3) is 5.91 Å². The van der Waals surface area contributed by atoms with Gasteiger partial charge >= 0.3 is 0 Å². The lowest BCUT2D eigenvalue weighted by Crippen LogP contribution is -2.42. The highest BCUT2D eigenvalue weighted by Crippen LogP contribution is 2.20. The van der Waals surface area contributed by atoms with Crippen molar-refractivity contribution < 1.29 is 19.1 Å². The molecule has 148 valence electrons. The Bertz CT molecular complexity index is 842. The second-order valence-electron chi connectivity index (χ2n) is 5.87. The minimum atomic E-state index is -0.499. The first-order valence-corrected chi connectivity index (χ1v) is 9.24. The molecule has 0 bridgehead atoms. The molecule has 0 unspecified atom stereocenters. The maximum atomic E-state index is 12.3. The van der Waals surface area contributed by atoms with E-state index in [2.05, 4.69) is 16.2 Å². The number of benzene rings is 2. The average molecular weight is 404 g/mol. The van der Waals surface area contributed by atoms with Crippen molar-refractivity contribution in [2.75, 3.05) is 11.9 Å². The van der Waals surface area contributed by atoms with Crippen LogP contribution in [0.15, 0.2) is 48.5 Å². The quantitative estimate of drug-likeness (QED) is 0.589. The van der Waals surface area contributed by atoms with Crippen molar-refractivity contribution in [1.82, 2.24) is 10.9 Å². The number of ether oxygens (including phenoxy) is 1. The van der Waals surface area contributed by atoms with Crippen LogP contribution in [-0.2, 0) is 9.59 Å². The van der Waals surface area contributed by atoms with Crippen molar-refractivity contribution in [2.45, 2.75) is 26.2 Å². The van der Waals surface area contributed by atoms with Gasteiger partial charge in [-0.15, -0.1) is 0 Å². The monoisotopic (exact) mass is 403 g/mol. The summed E-state index contributed by atoms with van der Waals surface area (Å²) < 4.78 is 5.52. The van der Waals surface area contributed by atoms with E-state index in [0.29, 0.717) is 28.6 Å². The van der Waals surface area contributed by atoms with Crippen LogP contribution in [-0.4, -0.2) is 24.3 Å². The van der Waals surface area contributed by atoms with Crippen molar-refractivity contribution in [3.8, 4) is 5.75 Å². The van der Waals surface area contributed by atoms with E-state index in [4.69, 9.17) is 16.3 Å². The summed E-state index contributed by atoms with van der Waals surface area (Å²) in [5.41, 5.74) is 5.41. The first-order chi connectivity index (χ1) is 13.5. The molecule has 0 spiro atoms. The number of amides is 3. The van der Waals surface area contributed by atoms with E-state index in [1.54, 1.807) is 48.5 Å². The highest BCUT2D eigenvalue weighted by Gasteiger charge is 2.14. The van der Waals surface area contributed by atoms with E-state index in [0.717, 1.165) is 6.42 Å². The van der Waals surface area contributed by atoms with Crippen LogP contribution in [0, 0.1) is 0 Å². The number of nitrogens with one attached hydrogen (secondary N) is 3. The van der Waals surface area contributed by atoms with Gasteiger partial charge in [0, 0.05) is 12.8 Å². The molecule has 0 aromatic heterocycles. The first kappa shape index (κ1) is 21.2. The van der Waals surface area contributed by atoms with Crippen LogP contribution in [0.2, 0.25) is 5.02 Å². The fourth-order valence-electron chi connectivity index (χ4n) is 2.25. The summed E-state index contributed by atoms with van der Waals surface area (Å²) in [5.74, 6) is -0.904. The van der Waals surface area contributed by atoms with Gasteiger partial charge in [0.1, 0.15) is 5.75 Å². The molecule has 2 aromatic carbocycles. The standard InChI is InChI=1S/C20H22ClN3O4/c1-2-13-28-17-10-6-3-7-14(17)20(27)24-23-19(26)12-11-18(25)22-16-9-5-4-8-15(16)21/h3-10H,2,11-13H2,1H3,(H,22,25)(H,23,26)(H,24,27). The largest absolute Gasteiger partial charge is 0.493 e. The van der Waals surface area contributed by atoms with Crippen molar-refractivity contribution in [3.05, 3.63) is 59.1 Å². The van der Waals surface area contributed by atoms with Gasteiger partial charge in [-0.25, -0.2) is 0 Å². The molecule has 0 atom stereocenters. The number of hydrazine groups is 1. The van der Waals surface area contributed by atoms with E-state index in [9.17, 15) is 14.4 Å². The lowest BCUT2D eigenvalue weighted by atomic mass is 10.2. The molecule has 0 aliphatic heterocycles. The van der Waals surface area contributed by atoms with Gasteiger partial charge in [0.05, 0.1) is 22.9 Å². The summed E-state index contributed by atoms with van der Waals surface area (Å²) in [6.45, 7) is 2.45. The normalized spacial score (nSPS) is 10.1. The van der Waals surface area contributed by atoms with E-state index in [1.165, 1.54) is 0 Å². The van der Waals surface area contributed by atoms with Gasteiger partial charge in [-0.3, -0.25) is 25.2 Å². The lowest BCUT2D eigenvalue weighted by Gasteiger charge is -2.12. The molecule has 0 aliphatic carbocycles. The third kappa shape index (κ3) is 6.59. The minimum Gasteiger partial charge on any atom is -0.493 e. The van der Waals surface area contributed by atoms with E-state index < -0.39 is 11.8 Å². The molecule has 28 heavy (non-hydrogen) atoms. The van der Waals surface area contributed by atoms with Crippen LogP contribution in [0.25, 0.3) is 0 Å². The van der Waals surface area contributed by atoms with E-state index >= 15 is 0 Å².